The third kappa shape index (κ3) is 3.62. The second-order valence-electron chi connectivity index (χ2n) is 5.82. The summed E-state index contributed by atoms with van der Waals surface area (Å²) in [6.07, 6.45) is 8.48. The molecule has 0 aromatic carbocycles. The van der Waals surface area contributed by atoms with E-state index in [0.29, 0.717) is 18.8 Å². The first-order valence-electron chi connectivity index (χ1n) is 8.43. The summed E-state index contributed by atoms with van der Waals surface area (Å²) >= 11 is 6.18. The maximum absolute atomic E-state index is 6.23. The van der Waals surface area contributed by atoms with E-state index >= 15 is 0 Å². The van der Waals surface area contributed by atoms with Crippen LogP contribution in [0.2, 0.25) is 5.28 Å². The predicted molar refractivity (Wildman–Crippen MR) is 102 cm³/mol. The maximum Gasteiger partial charge on any atom is 0.225 e. The molecule has 0 unspecified atom stereocenters. The van der Waals surface area contributed by atoms with Crippen molar-refractivity contribution in [3.05, 3.63) is 47.5 Å². The normalized spacial score (nSPS) is 16.1. The van der Waals surface area contributed by atoms with Crippen LogP contribution in [0.4, 0.5) is 5.82 Å². The molecule has 0 spiro atoms. The van der Waals surface area contributed by atoms with Crippen molar-refractivity contribution in [2.24, 2.45) is 0 Å². The minimum atomic E-state index is 0.234. The van der Waals surface area contributed by atoms with E-state index in [4.69, 9.17) is 20.8 Å². The lowest BCUT2D eigenvalue weighted by Crippen LogP contribution is -2.36. The zero-order chi connectivity index (χ0) is 17.8. The second kappa shape index (κ2) is 7.85. The lowest BCUT2D eigenvalue weighted by molar-refractivity contribution is 0.122. The molecule has 1 saturated heterocycles. The molecular formula is C19H22ClN3O2. The van der Waals surface area contributed by atoms with Gasteiger partial charge in [-0.25, -0.2) is 4.98 Å². The average molecular weight is 360 g/mol. The van der Waals surface area contributed by atoms with E-state index in [1.807, 2.05) is 25.2 Å². The highest BCUT2D eigenvalue weighted by Crippen LogP contribution is 2.35. The smallest absolute Gasteiger partial charge is 0.225 e. The Morgan fingerprint density at radius 1 is 1.28 bits per heavy atom. The van der Waals surface area contributed by atoms with Crippen LogP contribution in [-0.2, 0) is 4.74 Å². The third-order valence-electron chi connectivity index (χ3n) is 4.25. The Bertz CT molecular complexity index is 833. The van der Waals surface area contributed by atoms with E-state index < -0.39 is 0 Å². The van der Waals surface area contributed by atoms with Crippen LogP contribution in [-0.4, -0.2) is 36.3 Å². The van der Waals surface area contributed by atoms with Crippen LogP contribution in [0.15, 0.2) is 35.3 Å². The number of nitrogens with zero attached hydrogens (tertiary/aromatic N) is 3. The average Bonchev–Trinajstić information content (AvgIpc) is 2.96. The van der Waals surface area contributed by atoms with Crippen LogP contribution in [0.1, 0.15) is 24.7 Å². The van der Waals surface area contributed by atoms with Gasteiger partial charge in [-0.1, -0.05) is 37.8 Å². The van der Waals surface area contributed by atoms with Gasteiger partial charge in [-0.3, -0.25) is 0 Å². The maximum atomic E-state index is 6.23. The Hall–Kier alpha value is -2.11. The lowest BCUT2D eigenvalue weighted by atomic mass is 10.1. The van der Waals surface area contributed by atoms with Gasteiger partial charge in [0.2, 0.25) is 5.28 Å². The van der Waals surface area contributed by atoms with E-state index in [-0.39, 0.29) is 5.28 Å². The molecule has 1 aliphatic heterocycles. The monoisotopic (exact) mass is 359 g/mol. The van der Waals surface area contributed by atoms with Crippen LogP contribution >= 0.6 is 11.6 Å². The van der Waals surface area contributed by atoms with Crippen molar-refractivity contribution in [3.63, 3.8) is 0 Å². The summed E-state index contributed by atoms with van der Waals surface area (Å²) in [6, 6.07) is 0. The zero-order valence-electron chi connectivity index (χ0n) is 14.6. The van der Waals surface area contributed by atoms with E-state index in [9.17, 15) is 0 Å². The van der Waals surface area contributed by atoms with Gasteiger partial charge in [0.15, 0.2) is 11.4 Å². The van der Waals surface area contributed by atoms with E-state index in [1.54, 1.807) is 6.08 Å². The summed E-state index contributed by atoms with van der Waals surface area (Å²) in [5.41, 5.74) is 3.53. The first-order valence-corrected chi connectivity index (χ1v) is 8.81. The molecule has 0 radical (unpaired) electrons. The molecule has 3 heterocycles. The van der Waals surface area contributed by atoms with Crippen LogP contribution in [0.3, 0.4) is 0 Å². The summed E-state index contributed by atoms with van der Waals surface area (Å²) in [6.45, 7) is 10.7. The van der Waals surface area contributed by atoms with Crippen LogP contribution < -0.4 is 4.90 Å². The molecule has 6 heteroatoms. The number of halogens is 1. The number of furan rings is 1. The van der Waals surface area contributed by atoms with E-state index in [1.165, 1.54) is 0 Å². The first kappa shape index (κ1) is 17.7. The molecule has 0 aliphatic carbocycles. The van der Waals surface area contributed by atoms with Crippen molar-refractivity contribution in [2.45, 2.75) is 20.3 Å². The highest BCUT2D eigenvalue weighted by molar-refractivity contribution is 6.28. The third-order valence-corrected chi connectivity index (χ3v) is 4.42. The van der Waals surface area contributed by atoms with Gasteiger partial charge in [-0.05, 0) is 30.5 Å². The quantitative estimate of drug-likeness (QED) is 0.578. The van der Waals surface area contributed by atoms with Crippen molar-refractivity contribution in [1.29, 1.82) is 0 Å². The molecule has 0 saturated carbocycles. The number of aryl methyl sites for hydroxylation is 1. The fraction of sp³-hybridized carbons (Fsp3) is 0.368. The Morgan fingerprint density at radius 2 is 2.04 bits per heavy atom. The fourth-order valence-electron chi connectivity index (χ4n) is 2.95. The van der Waals surface area contributed by atoms with Crippen molar-refractivity contribution in [3.8, 4) is 0 Å². The molecular weight excluding hydrogens is 338 g/mol. The number of ether oxygens (including phenoxy) is 1. The lowest BCUT2D eigenvalue weighted by Gasteiger charge is -2.27. The van der Waals surface area contributed by atoms with Crippen molar-refractivity contribution >= 4 is 34.1 Å². The molecule has 2 aromatic rings. The van der Waals surface area contributed by atoms with Gasteiger partial charge >= 0.3 is 0 Å². The standard InChI is InChI=1S/C19H22ClN3O2/c1-4-6-7-8-14(5-2)16-13(3)15-17(25-16)18(22-19(20)21-15)23-9-11-24-12-10-23/h4,6-8H,1,5,9-12H2,2-3H3/b7-6-,14-8+. The number of aromatic nitrogens is 2. The minimum absolute atomic E-state index is 0.234. The topological polar surface area (TPSA) is 51.4 Å². The Labute approximate surface area is 152 Å². The predicted octanol–water partition coefficient (Wildman–Crippen LogP) is 4.56. The number of hydrogen-bond acceptors (Lipinski definition) is 5. The molecule has 2 aromatic heterocycles. The van der Waals surface area contributed by atoms with Gasteiger partial charge in [0.25, 0.3) is 0 Å². The van der Waals surface area contributed by atoms with Gasteiger partial charge < -0.3 is 14.1 Å². The summed E-state index contributed by atoms with van der Waals surface area (Å²) in [4.78, 5) is 11.0. The van der Waals surface area contributed by atoms with Gasteiger partial charge in [-0.2, -0.15) is 4.98 Å². The van der Waals surface area contributed by atoms with E-state index in [2.05, 4.69) is 28.4 Å². The number of rotatable bonds is 5. The van der Waals surface area contributed by atoms with Gasteiger partial charge in [0.1, 0.15) is 11.3 Å². The van der Waals surface area contributed by atoms with Gasteiger partial charge in [-0.15, -0.1) is 0 Å². The Kier molecular flexibility index (Phi) is 5.56. The molecule has 0 atom stereocenters. The Balaban J connectivity index is 2.13. The Morgan fingerprint density at radius 3 is 2.72 bits per heavy atom. The summed E-state index contributed by atoms with van der Waals surface area (Å²) in [7, 11) is 0. The minimum Gasteiger partial charge on any atom is -0.451 e. The summed E-state index contributed by atoms with van der Waals surface area (Å²) < 4.78 is 11.7. The molecule has 132 valence electrons. The summed E-state index contributed by atoms with van der Waals surface area (Å²) in [5.74, 6) is 1.57. The number of hydrogen-bond donors (Lipinski definition) is 0. The van der Waals surface area contributed by atoms with Crippen LogP contribution in [0.5, 0.6) is 0 Å². The molecule has 25 heavy (non-hydrogen) atoms. The van der Waals surface area contributed by atoms with Gasteiger partial charge in [0, 0.05) is 18.7 Å². The second-order valence-corrected chi connectivity index (χ2v) is 6.15. The highest BCUT2D eigenvalue weighted by Gasteiger charge is 2.23. The largest absolute Gasteiger partial charge is 0.451 e. The number of morpholine rings is 1. The molecule has 0 N–H and O–H groups in total. The van der Waals surface area contributed by atoms with Crippen molar-refractivity contribution in [1.82, 2.24) is 9.97 Å². The summed E-state index contributed by atoms with van der Waals surface area (Å²) in [5, 5.41) is 0.234. The van der Waals surface area contributed by atoms with E-state index in [0.717, 1.165) is 47.7 Å². The van der Waals surface area contributed by atoms with Crippen molar-refractivity contribution in [2.75, 3.05) is 31.2 Å². The van der Waals surface area contributed by atoms with Crippen molar-refractivity contribution < 1.29 is 9.15 Å². The number of allylic oxidation sites excluding steroid dienone is 5. The fourth-order valence-corrected chi connectivity index (χ4v) is 3.11. The highest BCUT2D eigenvalue weighted by atomic mass is 35.5. The number of fused-ring (bicyclic) bond motifs is 1. The first-order chi connectivity index (χ1) is 12.2. The van der Waals surface area contributed by atoms with Gasteiger partial charge in [0.05, 0.1) is 13.2 Å². The molecule has 1 fully saturated rings. The number of anilines is 1. The molecule has 5 nitrogen and oxygen atoms in total. The molecule has 0 amide bonds. The molecule has 3 rings (SSSR count). The molecule has 1 aliphatic rings. The zero-order valence-corrected chi connectivity index (χ0v) is 15.3. The SMILES string of the molecule is C=C/C=C\C=C(/CC)c1oc2c(N3CCOCC3)nc(Cl)nc2c1C. The molecule has 0 bridgehead atoms. The van der Waals surface area contributed by atoms with Crippen LogP contribution in [0, 0.1) is 6.92 Å². The van der Waals surface area contributed by atoms with Crippen LogP contribution in [0.25, 0.3) is 16.7 Å².